The smallest absolute Gasteiger partial charge is 0.252 e. The third-order valence-electron chi connectivity index (χ3n) is 4.03. The lowest BCUT2D eigenvalue weighted by molar-refractivity contribution is -0.114. The van der Waals surface area contributed by atoms with Gasteiger partial charge < -0.3 is 5.73 Å². The molecule has 0 fully saturated rings. The first kappa shape index (κ1) is 12.5. The lowest BCUT2D eigenvalue weighted by Crippen LogP contribution is -2.24. The minimum atomic E-state index is -0.508. The Morgan fingerprint density at radius 1 is 1.63 bits per heavy atom. The van der Waals surface area contributed by atoms with Gasteiger partial charge in [-0.1, -0.05) is 6.92 Å². The molecular formula is C14H17N3OS. The molecule has 0 aromatic carbocycles. The molecule has 5 heteroatoms. The first-order chi connectivity index (χ1) is 9.06. The van der Waals surface area contributed by atoms with Gasteiger partial charge in [-0.2, -0.15) is 12.6 Å². The summed E-state index contributed by atoms with van der Waals surface area (Å²) >= 11 is 4.63. The van der Waals surface area contributed by atoms with Crippen molar-refractivity contribution in [2.75, 3.05) is 0 Å². The minimum absolute atomic E-state index is 0.142. The van der Waals surface area contributed by atoms with E-state index in [1.54, 1.807) is 0 Å². The molecule has 0 radical (unpaired) electrons. The van der Waals surface area contributed by atoms with Crippen molar-refractivity contribution in [2.24, 2.45) is 5.73 Å². The number of allylic oxidation sites excluding steroid dienone is 1. The van der Waals surface area contributed by atoms with Crippen LogP contribution in [0.5, 0.6) is 0 Å². The van der Waals surface area contributed by atoms with Gasteiger partial charge in [0.15, 0.2) is 0 Å². The molecule has 0 saturated heterocycles. The fourth-order valence-corrected chi connectivity index (χ4v) is 3.70. The van der Waals surface area contributed by atoms with E-state index in [1.807, 2.05) is 11.5 Å². The summed E-state index contributed by atoms with van der Waals surface area (Å²) in [5, 5.41) is 8.41. The molecule has 1 aromatic heterocycles. The number of hydrogen-bond acceptors (Lipinski definition) is 3. The van der Waals surface area contributed by atoms with Crippen LogP contribution in [-0.2, 0) is 11.2 Å². The van der Waals surface area contributed by atoms with E-state index in [1.165, 1.54) is 5.56 Å². The average Bonchev–Trinajstić information content (AvgIpc) is 2.85. The number of primary amides is 1. The molecule has 0 saturated carbocycles. The third kappa shape index (κ3) is 1.61. The number of fused-ring (bicyclic) bond motifs is 3. The number of nitrogens with two attached hydrogens (primary N) is 1. The number of carbonyl (C=O) groups excluding carboxylic acids is 1. The summed E-state index contributed by atoms with van der Waals surface area (Å²) in [6, 6.07) is 2.11. The molecule has 4 nitrogen and oxygen atoms in total. The Kier molecular flexibility index (Phi) is 2.82. The maximum Gasteiger partial charge on any atom is 0.252 e. The van der Waals surface area contributed by atoms with Gasteiger partial charge in [0.25, 0.3) is 5.91 Å². The standard InChI is InChI=1S/C14H17N3OS/c1-2-8-9-6-7-4-3-5-10(19)12(7)17(9)13(15)11(8)14(16)18/h6,10,15,19H,2-5H2,1H3,(H2,16,18). The quantitative estimate of drug-likeness (QED) is 0.712. The second kappa shape index (κ2) is 4.27. The van der Waals surface area contributed by atoms with E-state index in [9.17, 15) is 4.79 Å². The van der Waals surface area contributed by atoms with E-state index < -0.39 is 5.91 Å². The maximum atomic E-state index is 11.6. The number of carbonyl (C=O) groups is 1. The zero-order valence-electron chi connectivity index (χ0n) is 10.9. The molecule has 19 heavy (non-hydrogen) atoms. The highest BCUT2D eigenvalue weighted by atomic mass is 32.1. The van der Waals surface area contributed by atoms with Crippen molar-refractivity contribution in [3.05, 3.63) is 28.6 Å². The molecule has 1 unspecified atom stereocenters. The van der Waals surface area contributed by atoms with Crippen molar-refractivity contribution in [3.63, 3.8) is 0 Å². The molecule has 2 aliphatic rings. The van der Waals surface area contributed by atoms with Gasteiger partial charge in [0.1, 0.15) is 5.84 Å². The molecule has 0 bridgehead atoms. The Morgan fingerprint density at radius 3 is 3.00 bits per heavy atom. The summed E-state index contributed by atoms with van der Waals surface area (Å²) in [4.78, 5) is 11.6. The van der Waals surface area contributed by atoms with Gasteiger partial charge in [-0.25, -0.2) is 0 Å². The number of thiol groups is 1. The monoisotopic (exact) mass is 275 g/mol. The zero-order valence-corrected chi connectivity index (χ0v) is 11.8. The SMILES string of the molecule is CCC1=C(C(N)=O)C(=N)n2c1cc1c2C(S)CCC1. The molecule has 2 heterocycles. The summed E-state index contributed by atoms with van der Waals surface area (Å²) in [6.45, 7) is 1.99. The number of amides is 1. The molecule has 1 amide bonds. The molecule has 100 valence electrons. The number of nitrogens with zero attached hydrogens (tertiary/aromatic N) is 1. The summed E-state index contributed by atoms with van der Waals surface area (Å²) in [6.07, 6.45) is 3.88. The first-order valence-electron chi connectivity index (χ1n) is 6.61. The molecular weight excluding hydrogens is 258 g/mol. The first-order valence-corrected chi connectivity index (χ1v) is 7.13. The van der Waals surface area contributed by atoms with Gasteiger partial charge in [-0.3, -0.25) is 14.8 Å². The Bertz CT molecular complexity index is 627. The summed E-state index contributed by atoms with van der Waals surface area (Å²) in [5.74, 6) is -0.285. The Labute approximate surface area is 117 Å². The Morgan fingerprint density at radius 2 is 2.37 bits per heavy atom. The van der Waals surface area contributed by atoms with Crippen LogP contribution in [0.4, 0.5) is 0 Å². The van der Waals surface area contributed by atoms with E-state index in [-0.39, 0.29) is 11.1 Å². The fraction of sp³-hybridized carbons (Fsp3) is 0.429. The molecule has 3 N–H and O–H groups in total. The maximum absolute atomic E-state index is 11.6. The second-order valence-electron chi connectivity index (χ2n) is 5.10. The number of aromatic nitrogens is 1. The predicted octanol–water partition coefficient (Wildman–Crippen LogP) is 2.28. The Hall–Kier alpha value is -1.49. The van der Waals surface area contributed by atoms with Gasteiger partial charge in [0.2, 0.25) is 0 Å². The molecule has 1 atom stereocenters. The van der Waals surface area contributed by atoms with Gasteiger partial charge in [0, 0.05) is 10.9 Å². The van der Waals surface area contributed by atoms with E-state index in [4.69, 9.17) is 11.1 Å². The highest BCUT2D eigenvalue weighted by Gasteiger charge is 2.35. The van der Waals surface area contributed by atoms with Crippen LogP contribution in [-0.4, -0.2) is 16.3 Å². The fourth-order valence-electron chi connectivity index (χ4n) is 3.23. The van der Waals surface area contributed by atoms with Crippen LogP contribution in [0.25, 0.3) is 5.57 Å². The van der Waals surface area contributed by atoms with E-state index >= 15 is 0 Å². The van der Waals surface area contributed by atoms with Crippen molar-refractivity contribution in [2.45, 2.75) is 37.9 Å². The van der Waals surface area contributed by atoms with Gasteiger partial charge in [-0.05, 0) is 42.9 Å². The van der Waals surface area contributed by atoms with Gasteiger partial charge in [-0.15, -0.1) is 0 Å². The van der Waals surface area contributed by atoms with Crippen LogP contribution >= 0.6 is 12.6 Å². The number of rotatable bonds is 2. The normalized spacial score (nSPS) is 21.6. The van der Waals surface area contributed by atoms with Gasteiger partial charge >= 0.3 is 0 Å². The topological polar surface area (TPSA) is 71.9 Å². The lowest BCUT2D eigenvalue weighted by Gasteiger charge is -2.21. The molecule has 3 rings (SSSR count). The van der Waals surface area contributed by atoms with Crippen LogP contribution in [0.1, 0.15) is 48.4 Å². The Balaban J connectivity index is 2.24. The number of aryl methyl sites for hydroxylation is 1. The largest absolute Gasteiger partial charge is 0.365 e. The highest BCUT2D eigenvalue weighted by molar-refractivity contribution is 7.80. The van der Waals surface area contributed by atoms with Crippen molar-refractivity contribution >= 4 is 29.9 Å². The average molecular weight is 275 g/mol. The third-order valence-corrected chi connectivity index (χ3v) is 4.54. The highest BCUT2D eigenvalue weighted by Crippen LogP contribution is 2.42. The van der Waals surface area contributed by atoms with Crippen molar-refractivity contribution in [1.82, 2.24) is 4.57 Å². The summed E-state index contributed by atoms with van der Waals surface area (Å²) in [7, 11) is 0. The molecule has 1 aliphatic heterocycles. The second-order valence-corrected chi connectivity index (χ2v) is 5.73. The molecule has 1 aromatic rings. The van der Waals surface area contributed by atoms with Crippen molar-refractivity contribution in [1.29, 1.82) is 5.41 Å². The van der Waals surface area contributed by atoms with Crippen molar-refractivity contribution in [3.8, 4) is 0 Å². The van der Waals surface area contributed by atoms with Crippen LogP contribution in [0.15, 0.2) is 11.6 Å². The van der Waals surface area contributed by atoms with E-state index in [0.717, 1.165) is 36.2 Å². The van der Waals surface area contributed by atoms with Crippen LogP contribution in [0, 0.1) is 5.41 Å². The number of nitrogens with one attached hydrogen (secondary N) is 1. The van der Waals surface area contributed by atoms with Crippen LogP contribution in [0.2, 0.25) is 0 Å². The van der Waals surface area contributed by atoms with Crippen LogP contribution < -0.4 is 5.73 Å². The molecule has 1 aliphatic carbocycles. The van der Waals surface area contributed by atoms with Crippen molar-refractivity contribution < 1.29 is 4.79 Å². The lowest BCUT2D eigenvalue weighted by atomic mass is 9.96. The summed E-state index contributed by atoms with van der Waals surface area (Å²) < 4.78 is 1.88. The zero-order chi connectivity index (χ0) is 13.7. The van der Waals surface area contributed by atoms with E-state index in [0.29, 0.717) is 12.0 Å². The number of hydrogen-bond donors (Lipinski definition) is 3. The van der Waals surface area contributed by atoms with Crippen LogP contribution in [0.3, 0.4) is 0 Å². The molecule has 0 spiro atoms. The minimum Gasteiger partial charge on any atom is -0.365 e. The van der Waals surface area contributed by atoms with E-state index in [2.05, 4.69) is 18.7 Å². The predicted molar refractivity (Wildman–Crippen MR) is 78.6 cm³/mol. The van der Waals surface area contributed by atoms with Gasteiger partial charge in [0.05, 0.1) is 11.3 Å². The summed E-state index contributed by atoms with van der Waals surface area (Å²) in [5.41, 5.74) is 10.0.